The lowest BCUT2D eigenvalue weighted by atomic mass is 10.1. The highest BCUT2D eigenvalue weighted by Crippen LogP contribution is 2.18. The molecule has 0 saturated heterocycles. The van der Waals surface area contributed by atoms with E-state index in [9.17, 15) is 14.4 Å². The van der Waals surface area contributed by atoms with Crippen LogP contribution in [0.15, 0.2) is 78.9 Å². The Morgan fingerprint density at radius 2 is 1.38 bits per heavy atom. The smallest absolute Gasteiger partial charge is 0.258 e. The maximum absolute atomic E-state index is 12.9. The van der Waals surface area contributed by atoms with Gasteiger partial charge in [0.15, 0.2) is 0 Å². The fourth-order valence-corrected chi connectivity index (χ4v) is 3.17. The highest BCUT2D eigenvalue weighted by molar-refractivity contribution is 6.06. The largest absolute Gasteiger partial charge is 0.376 e. The van der Waals surface area contributed by atoms with Crippen LogP contribution in [-0.4, -0.2) is 37.9 Å². The molecule has 0 bridgehead atoms. The zero-order valence-electron chi connectivity index (χ0n) is 18.1. The Morgan fingerprint density at radius 1 is 0.781 bits per heavy atom. The van der Waals surface area contributed by atoms with E-state index in [1.54, 1.807) is 60.5 Å². The minimum absolute atomic E-state index is 0.0671. The molecule has 164 valence electrons. The number of hydrogen-bond donors (Lipinski definition) is 3. The average Bonchev–Trinajstić information content (AvgIpc) is 2.84. The van der Waals surface area contributed by atoms with E-state index < -0.39 is 0 Å². The SMILES string of the molecule is CCN(C(=O)c1ccc(NC(=O)CNc2ccc(C(=O)NC)cc2)cc1)c1ccccc1. The first-order chi connectivity index (χ1) is 15.5. The molecule has 3 aromatic carbocycles. The second-order valence-electron chi connectivity index (χ2n) is 7.02. The van der Waals surface area contributed by atoms with E-state index in [1.807, 2.05) is 37.3 Å². The molecule has 32 heavy (non-hydrogen) atoms. The van der Waals surface area contributed by atoms with Crippen molar-refractivity contribution >= 4 is 34.8 Å². The minimum atomic E-state index is -0.223. The van der Waals surface area contributed by atoms with E-state index in [1.165, 1.54) is 0 Å². The second-order valence-corrected chi connectivity index (χ2v) is 7.02. The number of amides is 3. The molecule has 3 N–H and O–H groups in total. The summed E-state index contributed by atoms with van der Waals surface area (Å²) in [6, 6.07) is 23.2. The molecule has 0 radical (unpaired) electrons. The van der Waals surface area contributed by atoms with Crippen molar-refractivity contribution in [1.29, 1.82) is 0 Å². The third kappa shape index (κ3) is 5.72. The van der Waals surface area contributed by atoms with Crippen molar-refractivity contribution in [1.82, 2.24) is 5.32 Å². The van der Waals surface area contributed by atoms with Gasteiger partial charge in [-0.05, 0) is 67.6 Å². The van der Waals surface area contributed by atoms with E-state index >= 15 is 0 Å². The predicted octanol–water partition coefficient (Wildman–Crippen LogP) is 3.76. The molecule has 0 aliphatic rings. The first-order valence-corrected chi connectivity index (χ1v) is 10.3. The molecule has 0 aromatic heterocycles. The Bertz CT molecular complexity index is 1060. The van der Waals surface area contributed by atoms with Gasteiger partial charge >= 0.3 is 0 Å². The highest BCUT2D eigenvalue weighted by Gasteiger charge is 2.16. The summed E-state index contributed by atoms with van der Waals surface area (Å²) < 4.78 is 0. The van der Waals surface area contributed by atoms with Crippen LogP contribution < -0.4 is 20.9 Å². The number of anilines is 3. The molecule has 7 heteroatoms. The van der Waals surface area contributed by atoms with Crippen molar-refractivity contribution in [2.45, 2.75) is 6.92 Å². The molecular weight excluding hydrogens is 404 g/mol. The zero-order chi connectivity index (χ0) is 22.9. The molecule has 3 rings (SSSR count). The van der Waals surface area contributed by atoms with Crippen LogP contribution >= 0.6 is 0 Å². The topological polar surface area (TPSA) is 90.5 Å². The molecule has 0 aliphatic heterocycles. The monoisotopic (exact) mass is 430 g/mol. The number of carbonyl (C=O) groups excluding carboxylic acids is 3. The van der Waals surface area contributed by atoms with Gasteiger partial charge in [0.2, 0.25) is 5.91 Å². The van der Waals surface area contributed by atoms with Gasteiger partial charge in [0.05, 0.1) is 6.54 Å². The summed E-state index contributed by atoms with van der Waals surface area (Å²) in [5.41, 5.74) is 3.27. The molecule has 3 amide bonds. The van der Waals surface area contributed by atoms with Gasteiger partial charge in [0.25, 0.3) is 11.8 Å². The van der Waals surface area contributed by atoms with Gasteiger partial charge in [0.1, 0.15) is 0 Å². The molecule has 0 fully saturated rings. The first kappa shape index (κ1) is 22.6. The maximum atomic E-state index is 12.9. The normalized spacial score (nSPS) is 10.2. The molecule has 7 nitrogen and oxygen atoms in total. The van der Waals surface area contributed by atoms with Crippen LogP contribution in [0.4, 0.5) is 17.1 Å². The van der Waals surface area contributed by atoms with Gasteiger partial charge in [-0.3, -0.25) is 14.4 Å². The van der Waals surface area contributed by atoms with E-state index in [0.29, 0.717) is 23.4 Å². The third-order valence-electron chi connectivity index (χ3n) is 4.87. The van der Waals surface area contributed by atoms with Crippen molar-refractivity contribution in [3.05, 3.63) is 90.0 Å². The van der Waals surface area contributed by atoms with Gasteiger partial charge < -0.3 is 20.9 Å². The van der Waals surface area contributed by atoms with Crippen molar-refractivity contribution < 1.29 is 14.4 Å². The van der Waals surface area contributed by atoms with Crippen LogP contribution in [0.1, 0.15) is 27.6 Å². The van der Waals surface area contributed by atoms with Crippen molar-refractivity contribution in [2.75, 3.05) is 35.7 Å². The summed E-state index contributed by atoms with van der Waals surface area (Å²) in [4.78, 5) is 38.4. The predicted molar refractivity (Wildman–Crippen MR) is 127 cm³/mol. The van der Waals surface area contributed by atoms with E-state index in [2.05, 4.69) is 16.0 Å². The molecule has 0 saturated carbocycles. The molecular formula is C25H26N4O3. The first-order valence-electron chi connectivity index (χ1n) is 10.3. The van der Waals surface area contributed by atoms with E-state index in [4.69, 9.17) is 0 Å². The number of nitrogens with zero attached hydrogens (tertiary/aromatic N) is 1. The third-order valence-corrected chi connectivity index (χ3v) is 4.87. The van der Waals surface area contributed by atoms with Crippen LogP contribution in [0.3, 0.4) is 0 Å². The summed E-state index contributed by atoms with van der Waals surface area (Å²) in [7, 11) is 1.57. The average molecular weight is 431 g/mol. The zero-order valence-corrected chi connectivity index (χ0v) is 18.1. The van der Waals surface area contributed by atoms with Crippen LogP contribution in [0.25, 0.3) is 0 Å². The number of para-hydroxylation sites is 1. The number of benzene rings is 3. The van der Waals surface area contributed by atoms with Crippen molar-refractivity contribution in [2.24, 2.45) is 0 Å². The summed E-state index contributed by atoms with van der Waals surface area (Å²) in [6.45, 7) is 2.55. The fraction of sp³-hybridized carbons (Fsp3) is 0.160. The Balaban J connectivity index is 1.55. The van der Waals surface area contributed by atoms with Gasteiger partial charge in [-0.15, -0.1) is 0 Å². The van der Waals surface area contributed by atoms with Crippen LogP contribution in [-0.2, 0) is 4.79 Å². The van der Waals surface area contributed by atoms with Gasteiger partial charge in [-0.25, -0.2) is 0 Å². The molecule has 3 aromatic rings. The number of carbonyl (C=O) groups is 3. The summed E-state index contributed by atoms with van der Waals surface area (Å²) in [5, 5.41) is 8.38. The number of hydrogen-bond acceptors (Lipinski definition) is 4. The Hall–Kier alpha value is -4.13. The molecule has 0 aliphatic carbocycles. The summed E-state index contributed by atoms with van der Waals surface area (Å²) in [5.74, 6) is -0.487. The van der Waals surface area contributed by atoms with Gasteiger partial charge in [0, 0.05) is 41.8 Å². The fourth-order valence-electron chi connectivity index (χ4n) is 3.17. The lowest BCUT2D eigenvalue weighted by Crippen LogP contribution is -2.30. The Kier molecular flexibility index (Phi) is 7.59. The van der Waals surface area contributed by atoms with Crippen LogP contribution in [0.2, 0.25) is 0 Å². The second kappa shape index (κ2) is 10.8. The van der Waals surface area contributed by atoms with E-state index in [0.717, 1.165) is 11.4 Å². The highest BCUT2D eigenvalue weighted by atomic mass is 16.2. The molecule has 0 heterocycles. The lowest BCUT2D eigenvalue weighted by Gasteiger charge is -2.21. The van der Waals surface area contributed by atoms with Gasteiger partial charge in [-0.1, -0.05) is 18.2 Å². The van der Waals surface area contributed by atoms with Gasteiger partial charge in [-0.2, -0.15) is 0 Å². The molecule has 0 spiro atoms. The van der Waals surface area contributed by atoms with E-state index in [-0.39, 0.29) is 24.3 Å². The Morgan fingerprint density at radius 3 is 1.97 bits per heavy atom. The van der Waals surface area contributed by atoms with Crippen molar-refractivity contribution in [3.8, 4) is 0 Å². The molecule has 0 atom stereocenters. The van der Waals surface area contributed by atoms with Crippen LogP contribution in [0.5, 0.6) is 0 Å². The Labute approximate surface area is 187 Å². The quantitative estimate of drug-likeness (QED) is 0.508. The number of rotatable bonds is 8. The van der Waals surface area contributed by atoms with Crippen LogP contribution in [0, 0.1) is 0 Å². The minimum Gasteiger partial charge on any atom is -0.376 e. The standard InChI is InChI=1S/C25H26N4O3/c1-3-29(22-7-5-4-6-8-22)25(32)19-11-15-21(16-12-19)28-23(30)17-27-20-13-9-18(10-14-20)24(31)26-2/h4-16,27H,3,17H2,1-2H3,(H,26,31)(H,28,30). The summed E-state index contributed by atoms with van der Waals surface area (Å²) in [6.07, 6.45) is 0. The molecule has 0 unspecified atom stereocenters. The number of nitrogens with one attached hydrogen (secondary N) is 3. The lowest BCUT2D eigenvalue weighted by molar-refractivity contribution is -0.114. The van der Waals surface area contributed by atoms with Crippen molar-refractivity contribution in [3.63, 3.8) is 0 Å². The maximum Gasteiger partial charge on any atom is 0.258 e. The summed E-state index contributed by atoms with van der Waals surface area (Å²) >= 11 is 0.